The topological polar surface area (TPSA) is 48.5 Å². The second-order valence-corrected chi connectivity index (χ2v) is 13.7. The molecule has 0 radical (unpaired) electrons. The first-order valence-electron chi connectivity index (χ1n) is 29.2. The standard InChI is InChI=1S/C51H31N5S/c1-6-25-43-36(18-1)37-19-2-7-26-44(37)55(43)35-17-12-15-33(31-35)32-14-11-16-34(30-32)49-52-50(42-24-13-23-41-40-22-5-10-29-47(40)57-48(41)42)54-51(53-49)56-45-27-8-3-20-38(45)39-21-4-9-28-46(39)56/h1-31H/i1D,2D,3D,4D,6D,7D,8D,9D,11D,12D,14D,15D,16D,17D,18D,19D,20D,21D,25D,26D,27D,28D,30D,31D. The van der Waals surface area contributed by atoms with Gasteiger partial charge in [-0.05, 0) is 65.6 Å². The first kappa shape index (κ1) is 16.4. The Hall–Kier alpha value is -7.41. The lowest BCUT2D eigenvalue weighted by molar-refractivity contribution is 0.954. The third-order valence-electron chi connectivity index (χ3n) is 9.47. The molecule has 0 fully saturated rings. The Kier molecular flexibility index (Phi) is 3.61. The fourth-order valence-electron chi connectivity index (χ4n) is 7.04. The van der Waals surface area contributed by atoms with Gasteiger partial charge in [0.05, 0.1) is 55.0 Å². The van der Waals surface area contributed by atoms with Crippen LogP contribution in [0, 0.1) is 0 Å². The van der Waals surface area contributed by atoms with Crippen LogP contribution in [0.15, 0.2) is 187 Å². The minimum Gasteiger partial charge on any atom is -0.309 e. The number of benzene rings is 8. The Morgan fingerprint density at radius 1 is 0.421 bits per heavy atom. The molecule has 0 saturated heterocycles. The van der Waals surface area contributed by atoms with Gasteiger partial charge in [-0.1, -0.05) is 133 Å². The Morgan fingerprint density at radius 2 is 0.965 bits per heavy atom. The quantitative estimate of drug-likeness (QED) is 0.175. The lowest BCUT2D eigenvalue weighted by atomic mass is 10.0. The molecule has 0 unspecified atom stereocenters. The van der Waals surface area contributed by atoms with Crippen molar-refractivity contribution in [3.63, 3.8) is 0 Å². The molecule has 0 bridgehead atoms. The molecule has 266 valence electrons. The third-order valence-corrected chi connectivity index (χ3v) is 10.7. The van der Waals surface area contributed by atoms with E-state index in [0.29, 0.717) is 10.3 Å². The molecule has 12 rings (SSSR count). The maximum atomic E-state index is 9.96. The van der Waals surface area contributed by atoms with Crippen molar-refractivity contribution in [3.05, 3.63) is 187 Å². The predicted octanol–water partition coefficient (Wildman–Crippen LogP) is 13.4. The van der Waals surface area contributed by atoms with Crippen LogP contribution in [-0.4, -0.2) is 24.1 Å². The number of hydrogen-bond acceptors (Lipinski definition) is 4. The van der Waals surface area contributed by atoms with Gasteiger partial charge < -0.3 is 4.57 Å². The van der Waals surface area contributed by atoms with Crippen molar-refractivity contribution in [1.82, 2.24) is 24.1 Å². The van der Waals surface area contributed by atoms with E-state index >= 15 is 0 Å². The molecule has 4 heterocycles. The normalized spacial score (nSPS) is 17.8. The van der Waals surface area contributed by atoms with Crippen molar-refractivity contribution >= 4 is 75.1 Å². The van der Waals surface area contributed by atoms with Crippen molar-refractivity contribution in [2.24, 2.45) is 0 Å². The summed E-state index contributed by atoms with van der Waals surface area (Å²) in [6.45, 7) is 0. The van der Waals surface area contributed by atoms with Gasteiger partial charge in [0.2, 0.25) is 5.95 Å². The van der Waals surface area contributed by atoms with Crippen molar-refractivity contribution in [2.75, 3.05) is 0 Å². The molecule has 4 aromatic heterocycles. The number of aromatic nitrogens is 5. The minimum absolute atomic E-state index is 0.234. The van der Waals surface area contributed by atoms with Gasteiger partial charge in [-0.25, -0.2) is 4.98 Å². The number of rotatable bonds is 5. The van der Waals surface area contributed by atoms with Gasteiger partial charge in [-0.15, -0.1) is 11.3 Å². The van der Waals surface area contributed by atoms with Crippen LogP contribution < -0.4 is 0 Å². The van der Waals surface area contributed by atoms with E-state index in [-0.39, 0.29) is 16.6 Å². The fraction of sp³-hybridized carbons (Fsp3) is 0. The van der Waals surface area contributed by atoms with E-state index in [4.69, 9.17) is 30.5 Å². The summed E-state index contributed by atoms with van der Waals surface area (Å²) in [4.78, 5) is 14.3. The number of nitrogens with zero attached hydrogens (tertiary/aromatic N) is 5. The largest absolute Gasteiger partial charge is 0.309 e. The second kappa shape index (κ2) is 12.6. The summed E-state index contributed by atoms with van der Waals surface area (Å²) in [6.07, 6.45) is 0. The highest BCUT2D eigenvalue weighted by molar-refractivity contribution is 7.26. The summed E-state index contributed by atoms with van der Waals surface area (Å²) in [6, 6.07) is -7.28. The van der Waals surface area contributed by atoms with Crippen LogP contribution in [0.25, 0.3) is 109 Å². The van der Waals surface area contributed by atoms with E-state index in [9.17, 15) is 12.3 Å². The monoisotopic (exact) mass is 769 g/mol. The molecule has 5 nitrogen and oxygen atoms in total. The van der Waals surface area contributed by atoms with Gasteiger partial charge in [0.15, 0.2) is 11.6 Å². The van der Waals surface area contributed by atoms with Gasteiger partial charge in [0, 0.05) is 58.5 Å². The summed E-state index contributed by atoms with van der Waals surface area (Å²) < 4.78 is 220. The highest BCUT2D eigenvalue weighted by Crippen LogP contribution is 2.40. The Bertz CT molecular complexity index is 4800. The molecule has 0 aliphatic rings. The van der Waals surface area contributed by atoms with E-state index < -0.39 is 212 Å². The maximum absolute atomic E-state index is 9.96. The van der Waals surface area contributed by atoms with Crippen LogP contribution in [0.5, 0.6) is 0 Å². The van der Waals surface area contributed by atoms with Gasteiger partial charge in [0.25, 0.3) is 0 Å². The van der Waals surface area contributed by atoms with E-state index in [1.165, 1.54) is 11.3 Å². The molecule has 6 heteroatoms. The van der Waals surface area contributed by atoms with E-state index in [1.807, 2.05) is 30.3 Å². The summed E-state index contributed by atoms with van der Waals surface area (Å²) >= 11 is 1.34. The first-order chi connectivity index (χ1) is 38.3. The summed E-state index contributed by atoms with van der Waals surface area (Å²) in [5.74, 6) is -1.46. The summed E-state index contributed by atoms with van der Waals surface area (Å²) in [7, 11) is 0. The Labute approximate surface area is 365 Å². The van der Waals surface area contributed by atoms with Gasteiger partial charge >= 0.3 is 0 Å². The van der Waals surface area contributed by atoms with Crippen LogP contribution >= 0.6 is 11.3 Å². The first-order valence-corrected chi connectivity index (χ1v) is 18.0. The molecule has 0 aliphatic carbocycles. The molecule has 0 amide bonds. The summed E-state index contributed by atoms with van der Waals surface area (Å²) in [5.41, 5.74) is -4.70. The molecule has 12 aromatic rings. The lowest BCUT2D eigenvalue weighted by Crippen LogP contribution is -2.06. The number of para-hydroxylation sites is 4. The molecule has 57 heavy (non-hydrogen) atoms. The second-order valence-electron chi connectivity index (χ2n) is 12.6. The van der Waals surface area contributed by atoms with Crippen molar-refractivity contribution in [1.29, 1.82) is 0 Å². The van der Waals surface area contributed by atoms with Gasteiger partial charge in [-0.3, -0.25) is 4.57 Å². The highest BCUT2D eigenvalue weighted by atomic mass is 32.1. The SMILES string of the molecule is [2H]c1c([2H])c(-c2nc(-c3cccc4c3sc3ccccc34)nc(-n3c4c([2H])c([2H])c([2H])c([2H])c4c4c([2H])c([2H])c([2H])c([2H])c43)n2)c([2H])c(-c2c([2H])c([2H])c([2H])c(-n3c4c([2H])c([2H])c([2H])c([2H])c4c4c([2H])c([2H])c([2H])c([2H])c43)c2[2H])c1[2H]. The van der Waals surface area contributed by atoms with Gasteiger partial charge in [0.1, 0.15) is 0 Å². The Morgan fingerprint density at radius 3 is 1.65 bits per heavy atom. The highest BCUT2D eigenvalue weighted by Gasteiger charge is 2.20. The van der Waals surface area contributed by atoms with Crippen molar-refractivity contribution in [3.8, 4) is 45.5 Å². The molecule has 8 aromatic carbocycles. The molecule has 0 saturated carbocycles. The smallest absolute Gasteiger partial charge is 0.238 e. The van der Waals surface area contributed by atoms with Crippen LogP contribution in [0.3, 0.4) is 0 Å². The number of thiophene rings is 1. The van der Waals surface area contributed by atoms with Gasteiger partial charge in [-0.2, -0.15) is 9.97 Å². The molecule has 0 N–H and O–H groups in total. The number of fused-ring (bicyclic) bond motifs is 9. The third kappa shape index (κ3) is 4.98. The van der Waals surface area contributed by atoms with Crippen LogP contribution in [0.1, 0.15) is 32.9 Å². The number of hydrogen-bond donors (Lipinski definition) is 0. The van der Waals surface area contributed by atoms with Crippen molar-refractivity contribution in [2.45, 2.75) is 0 Å². The average Bonchev–Trinajstić information content (AvgIpc) is 4.27. The van der Waals surface area contributed by atoms with E-state index in [0.717, 1.165) is 24.6 Å². The lowest BCUT2D eigenvalue weighted by Gasteiger charge is -2.13. The van der Waals surface area contributed by atoms with E-state index in [1.54, 1.807) is 12.1 Å². The zero-order chi connectivity index (χ0) is 58.3. The average molecular weight is 770 g/mol. The maximum Gasteiger partial charge on any atom is 0.238 e. The van der Waals surface area contributed by atoms with E-state index in [2.05, 4.69) is 4.98 Å². The van der Waals surface area contributed by atoms with Crippen LogP contribution in [0.2, 0.25) is 0 Å². The molecule has 0 atom stereocenters. The minimum atomic E-state index is -1.00. The summed E-state index contributed by atoms with van der Waals surface area (Å²) in [5, 5.41) is 0.0104. The fourth-order valence-corrected chi connectivity index (χ4v) is 8.25. The predicted molar refractivity (Wildman–Crippen MR) is 238 cm³/mol. The van der Waals surface area contributed by atoms with Crippen molar-refractivity contribution < 1.29 is 32.9 Å². The van der Waals surface area contributed by atoms with Crippen LogP contribution in [0.4, 0.5) is 0 Å². The zero-order valence-electron chi connectivity index (χ0n) is 52.7. The molecular formula is C51H31N5S. The molecular weight excluding hydrogens is 715 g/mol. The molecule has 0 aliphatic heterocycles. The zero-order valence-corrected chi connectivity index (χ0v) is 29.5. The van der Waals surface area contributed by atoms with Crippen LogP contribution in [-0.2, 0) is 0 Å². The molecule has 0 spiro atoms. The Balaban J connectivity index is 1.23.